The molecule has 0 amide bonds. The van der Waals surface area contributed by atoms with E-state index in [0.717, 1.165) is 17.8 Å². The van der Waals surface area contributed by atoms with Crippen LogP contribution in [0, 0.1) is 0 Å². The van der Waals surface area contributed by atoms with Gasteiger partial charge in [0.15, 0.2) is 23.6 Å². The standard InChI is InChI=1S/C23H34F2N5O13P/c1-7-35-16-14-15(28-19(26)29-16)30(9-27-14)18-22(6,33)17(24)23(25,43-18)8-38-44(34,39-10-36-20(31)41-12(2)3)40-11-37-21(32)42-13(4)5/h9,12-13,17-18,33H,7-8,10-11H2,1-6H3,(H2,26,28,29). The van der Waals surface area contributed by atoms with E-state index in [4.69, 9.17) is 38.3 Å². The van der Waals surface area contributed by atoms with E-state index in [9.17, 15) is 19.3 Å². The van der Waals surface area contributed by atoms with E-state index >= 15 is 8.78 Å². The second-order valence-electron chi connectivity index (χ2n) is 9.83. The fourth-order valence-corrected chi connectivity index (χ4v) is 4.62. The van der Waals surface area contributed by atoms with Gasteiger partial charge < -0.3 is 39.3 Å². The second kappa shape index (κ2) is 14.1. The van der Waals surface area contributed by atoms with E-state index < -0.39 is 76.4 Å². The van der Waals surface area contributed by atoms with Gasteiger partial charge in [-0.3, -0.25) is 9.09 Å². The van der Waals surface area contributed by atoms with E-state index in [1.54, 1.807) is 6.92 Å². The van der Waals surface area contributed by atoms with Crippen molar-refractivity contribution < 1.29 is 70.0 Å². The second-order valence-corrected chi connectivity index (χ2v) is 11.5. The summed E-state index contributed by atoms with van der Waals surface area (Å²) in [4.78, 5) is 35.3. The summed E-state index contributed by atoms with van der Waals surface area (Å²) in [5.41, 5.74) is 3.11. The zero-order chi connectivity index (χ0) is 32.9. The van der Waals surface area contributed by atoms with Gasteiger partial charge in [0.1, 0.15) is 12.2 Å². The first kappa shape index (κ1) is 35.1. The highest BCUT2D eigenvalue weighted by Gasteiger charge is 2.65. The lowest BCUT2D eigenvalue weighted by Gasteiger charge is -2.26. The molecule has 1 aliphatic rings. The minimum atomic E-state index is -5.01. The number of hydrogen-bond donors (Lipinski definition) is 2. The summed E-state index contributed by atoms with van der Waals surface area (Å²) in [6, 6.07) is 0. The van der Waals surface area contributed by atoms with E-state index in [1.807, 2.05) is 0 Å². The number of fused-ring (bicyclic) bond motifs is 1. The Morgan fingerprint density at radius 3 is 2.20 bits per heavy atom. The summed E-state index contributed by atoms with van der Waals surface area (Å²) in [7, 11) is -5.01. The molecule has 1 saturated heterocycles. The average molecular weight is 658 g/mol. The van der Waals surface area contributed by atoms with Crippen molar-refractivity contribution in [2.24, 2.45) is 0 Å². The zero-order valence-electron chi connectivity index (χ0n) is 24.6. The van der Waals surface area contributed by atoms with Crippen LogP contribution in [0.1, 0.15) is 47.8 Å². The number of carbonyl (C=O) groups is 2. The molecule has 3 heterocycles. The Labute approximate surface area is 249 Å². The molecular formula is C23H34F2N5O13P. The van der Waals surface area contributed by atoms with Crippen molar-refractivity contribution in [1.29, 1.82) is 0 Å². The van der Waals surface area contributed by atoms with Gasteiger partial charge in [-0.2, -0.15) is 9.97 Å². The Hall–Kier alpha value is -3.42. The number of nitrogen functional groups attached to an aromatic ring is 1. The summed E-state index contributed by atoms with van der Waals surface area (Å²) in [5, 5.41) is 11.0. The van der Waals surface area contributed by atoms with Crippen LogP contribution in [0.4, 0.5) is 24.3 Å². The number of phosphoric acid groups is 1. The number of alkyl halides is 2. The van der Waals surface area contributed by atoms with E-state index in [0.29, 0.717) is 0 Å². The van der Waals surface area contributed by atoms with E-state index in [1.165, 1.54) is 27.7 Å². The largest absolute Gasteiger partial charge is 0.510 e. The monoisotopic (exact) mass is 657 g/mol. The van der Waals surface area contributed by atoms with Crippen LogP contribution >= 0.6 is 7.82 Å². The minimum absolute atomic E-state index is 0.0211. The molecule has 2 aromatic rings. The number of phosphoric ester groups is 1. The summed E-state index contributed by atoms with van der Waals surface area (Å²) >= 11 is 0. The number of ether oxygens (including phenoxy) is 6. The Bertz CT molecular complexity index is 1330. The topological polar surface area (TPSA) is 224 Å². The van der Waals surface area contributed by atoms with Crippen molar-refractivity contribution in [2.45, 2.75) is 77.6 Å². The first-order chi connectivity index (χ1) is 20.5. The van der Waals surface area contributed by atoms with Crippen molar-refractivity contribution in [3.63, 3.8) is 0 Å². The lowest BCUT2D eigenvalue weighted by Crippen LogP contribution is -2.46. The molecule has 1 aliphatic heterocycles. The van der Waals surface area contributed by atoms with Crippen LogP contribution in [0.3, 0.4) is 0 Å². The number of anilines is 1. The quantitative estimate of drug-likeness (QED) is 0.169. The van der Waals surface area contributed by atoms with Gasteiger partial charge in [-0.1, -0.05) is 0 Å². The number of nitrogens with two attached hydrogens (primary N) is 1. The Balaban J connectivity index is 1.80. The van der Waals surface area contributed by atoms with Gasteiger partial charge in [0, 0.05) is 0 Å². The molecule has 0 radical (unpaired) electrons. The van der Waals surface area contributed by atoms with E-state index in [2.05, 4.69) is 24.4 Å². The maximum Gasteiger partial charge on any atom is 0.510 e. The number of carbonyl (C=O) groups excluding carboxylic acids is 2. The smallest absolute Gasteiger partial charge is 0.476 e. The van der Waals surface area contributed by atoms with Gasteiger partial charge in [-0.25, -0.2) is 37.0 Å². The SMILES string of the molecule is CCOc1nc(N)nc2c1ncn2C1OC(F)(COP(=O)(OCOC(=O)OC(C)C)OCOC(=O)OC(C)C)C(F)C1(C)O. The minimum Gasteiger partial charge on any atom is -0.476 e. The third-order valence-corrected chi connectivity index (χ3v) is 6.79. The summed E-state index contributed by atoms with van der Waals surface area (Å²) < 4.78 is 89.6. The number of halogens is 2. The Morgan fingerprint density at radius 1 is 1.11 bits per heavy atom. The van der Waals surface area contributed by atoms with Crippen molar-refractivity contribution in [3.8, 4) is 5.88 Å². The van der Waals surface area contributed by atoms with Crippen LogP contribution in [-0.4, -0.2) is 93.6 Å². The normalized spacial score (nSPS) is 23.7. The number of hydrogen-bond acceptors (Lipinski definition) is 17. The van der Waals surface area contributed by atoms with Crippen molar-refractivity contribution >= 4 is 37.2 Å². The van der Waals surface area contributed by atoms with E-state index in [-0.39, 0.29) is 29.6 Å². The molecular weight excluding hydrogens is 623 g/mol. The van der Waals surface area contributed by atoms with Crippen molar-refractivity contribution in [3.05, 3.63) is 6.33 Å². The van der Waals surface area contributed by atoms with Crippen LogP contribution in [0.15, 0.2) is 6.33 Å². The predicted octanol–water partition coefficient (Wildman–Crippen LogP) is 3.29. The number of rotatable bonds is 14. The fourth-order valence-electron chi connectivity index (χ4n) is 3.70. The Morgan fingerprint density at radius 2 is 1.68 bits per heavy atom. The molecule has 4 unspecified atom stereocenters. The molecule has 0 spiro atoms. The van der Waals surface area contributed by atoms with Gasteiger partial charge in [-0.05, 0) is 41.5 Å². The average Bonchev–Trinajstić information content (AvgIpc) is 3.39. The molecule has 1 fully saturated rings. The van der Waals surface area contributed by atoms with Crippen LogP contribution in [0.5, 0.6) is 5.88 Å². The maximum absolute atomic E-state index is 16.0. The van der Waals surface area contributed by atoms with Crippen LogP contribution < -0.4 is 10.5 Å². The molecule has 0 bridgehead atoms. The van der Waals surface area contributed by atoms with Gasteiger partial charge in [-0.15, -0.1) is 0 Å². The molecule has 0 aliphatic carbocycles. The first-order valence-corrected chi connectivity index (χ1v) is 14.5. The fraction of sp³-hybridized carbons (Fsp3) is 0.696. The third kappa shape index (κ3) is 8.39. The maximum atomic E-state index is 16.0. The number of aliphatic hydroxyl groups is 1. The molecule has 2 aromatic heterocycles. The zero-order valence-corrected chi connectivity index (χ0v) is 25.5. The first-order valence-electron chi connectivity index (χ1n) is 13.1. The third-order valence-electron chi connectivity index (χ3n) is 5.50. The molecule has 3 rings (SSSR count). The van der Waals surface area contributed by atoms with Crippen LogP contribution in [0.25, 0.3) is 11.2 Å². The van der Waals surface area contributed by atoms with Gasteiger partial charge in [0.25, 0.3) is 5.85 Å². The number of imidazole rings is 1. The molecule has 0 saturated carbocycles. The molecule has 248 valence electrons. The Kier molecular flexibility index (Phi) is 11.3. The highest BCUT2D eigenvalue weighted by molar-refractivity contribution is 7.48. The highest BCUT2D eigenvalue weighted by atomic mass is 31.2. The number of nitrogens with zero attached hydrogens (tertiary/aromatic N) is 4. The van der Waals surface area contributed by atoms with Crippen molar-refractivity contribution in [2.75, 3.05) is 32.5 Å². The van der Waals surface area contributed by atoms with Crippen LogP contribution in [0.2, 0.25) is 0 Å². The van der Waals surface area contributed by atoms with Crippen LogP contribution in [-0.2, 0) is 41.8 Å². The molecule has 3 N–H and O–H groups in total. The van der Waals surface area contributed by atoms with Gasteiger partial charge >= 0.3 is 20.1 Å². The molecule has 21 heteroatoms. The molecule has 0 aromatic carbocycles. The lowest BCUT2D eigenvalue weighted by molar-refractivity contribution is -0.195. The van der Waals surface area contributed by atoms with Crippen molar-refractivity contribution in [1.82, 2.24) is 19.5 Å². The molecule has 4 atom stereocenters. The van der Waals surface area contributed by atoms with Gasteiger partial charge in [0.05, 0.1) is 25.1 Å². The molecule has 44 heavy (non-hydrogen) atoms. The highest BCUT2D eigenvalue weighted by Crippen LogP contribution is 2.54. The van der Waals surface area contributed by atoms with Gasteiger partial charge in [0.2, 0.25) is 25.4 Å². The lowest BCUT2D eigenvalue weighted by atomic mass is 9.97. The summed E-state index contributed by atoms with van der Waals surface area (Å²) in [6.45, 7) is 5.16. The number of aromatic nitrogens is 4. The molecule has 18 nitrogen and oxygen atoms in total. The summed E-state index contributed by atoms with van der Waals surface area (Å²) in [6.07, 6.45) is -7.20. The summed E-state index contributed by atoms with van der Waals surface area (Å²) in [5.74, 6) is -3.78. The predicted molar refractivity (Wildman–Crippen MR) is 141 cm³/mol.